The summed E-state index contributed by atoms with van der Waals surface area (Å²) >= 11 is 0. The highest BCUT2D eigenvalue weighted by Gasteiger charge is 2.34. The van der Waals surface area contributed by atoms with E-state index in [1.807, 2.05) is 0 Å². The Labute approximate surface area is 144 Å². The van der Waals surface area contributed by atoms with E-state index < -0.39 is 10.5 Å². The van der Waals surface area contributed by atoms with E-state index in [1.165, 1.54) is 21.7 Å². The van der Waals surface area contributed by atoms with Crippen molar-refractivity contribution in [2.75, 3.05) is 13.6 Å². The molecule has 1 amide bonds. The lowest BCUT2D eigenvalue weighted by Crippen LogP contribution is -2.42. The summed E-state index contributed by atoms with van der Waals surface area (Å²) < 4.78 is 1.43. The van der Waals surface area contributed by atoms with Crippen molar-refractivity contribution < 1.29 is 14.8 Å². The lowest BCUT2D eigenvalue weighted by Gasteiger charge is -2.28. The number of hydrogen-bond acceptors (Lipinski definition) is 5. The molecule has 3 rings (SSSR count). The van der Waals surface area contributed by atoms with Crippen molar-refractivity contribution in [2.45, 2.75) is 31.3 Å². The van der Waals surface area contributed by atoms with E-state index in [2.05, 4.69) is 5.10 Å². The fourth-order valence-corrected chi connectivity index (χ4v) is 3.23. The first-order chi connectivity index (χ1) is 11.9. The SMILES string of the molecule is CN(CC1(O)CCCC1)C(=O)c1ccn(-c2cccc([N+](=O)[O-])c2)n1. The normalized spacial score (nSPS) is 15.9. The van der Waals surface area contributed by atoms with Crippen LogP contribution in [0.15, 0.2) is 36.5 Å². The summed E-state index contributed by atoms with van der Waals surface area (Å²) in [5.74, 6) is -0.287. The molecule has 8 heteroatoms. The van der Waals surface area contributed by atoms with Crippen LogP contribution in [0.3, 0.4) is 0 Å². The van der Waals surface area contributed by atoms with Crippen molar-refractivity contribution in [1.82, 2.24) is 14.7 Å². The molecule has 0 saturated heterocycles. The van der Waals surface area contributed by atoms with E-state index >= 15 is 0 Å². The average Bonchev–Trinajstić information content (AvgIpc) is 3.23. The molecule has 0 radical (unpaired) electrons. The van der Waals surface area contributed by atoms with Crippen molar-refractivity contribution in [2.24, 2.45) is 0 Å². The molecule has 1 heterocycles. The highest BCUT2D eigenvalue weighted by molar-refractivity contribution is 5.92. The highest BCUT2D eigenvalue weighted by Crippen LogP contribution is 2.30. The second-order valence-electron chi connectivity index (χ2n) is 6.52. The number of nitro benzene ring substituents is 1. The molecule has 1 aromatic heterocycles. The molecule has 1 aliphatic rings. The van der Waals surface area contributed by atoms with E-state index in [9.17, 15) is 20.0 Å². The van der Waals surface area contributed by atoms with Crippen LogP contribution in [0.4, 0.5) is 5.69 Å². The van der Waals surface area contributed by atoms with Crippen molar-refractivity contribution in [1.29, 1.82) is 0 Å². The van der Waals surface area contributed by atoms with Crippen molar-refractivity contribution in [3.63, 3.8) is 0 Å². The average molecular weight is 344 g/mol. The van der Waals surface area contributed by atoms with Crippen LogP contribution in [-0.2, 0) is 0 Å². The number of carbonyl (C=O) groups is 1. The molecule has 2 aromatic rings. The molecule has 132 valence electrons. The minimum absolute atomic E-state index is 0.0403. The van der Waals surface area contributed by atoms with Gasteiger partial charge in [0.1, 0.15) is 0 Å². The van der Waals surface area contributed by atoms with Crippen LogP contribution in [0, 0.1) is 10.1 Å². The van der Waals surface area contributed by atoms with Gasteiger partial charge in [0, 0.05) is 31.9 Å². The minimum Gasteiger partial charge on any atom is -0.388 e. The van der Waals surface area contributed by atoms with Gasteiger partial charge >= 0.3 is 0 Å². The number of carbonyl (C=O) groups excluding carboxylic acids is 1. The Morgan fingerprint density at radius 2 is 2.12 bits per heavy atom. The number of aromatic nitrogens is 2. The maximum Gasteiger partial charge on any atom is 0.274 e. The molecule has 1 fully saturated rings. The molecular formula is C17H20N4O4. The fourth-order valence-electron chi connectivity index (χ4n) is 3.23. The predicted molar refractivity (Wildman–Crippen MR) is 90.6 cm³/mol. The second-order valence-corrected chi connectivity index (χ2v) is 6.52. The van der Waals surface area contributed by atoms with Crippen LogP contribution in [-0.4, -0.2) is 49.8 Å². The summed E-state index contributed by atoms with van der Waals surface area (Å²) in [5.41, 5.74) is -0.116. The van der Waals surface area contributed by atoms with Crippen LogP contribution in [0.2, 0.25) is 0 Å². The second kappa shape index (κ2) is 6.64. The van der Waals surface area contributed by atoms with Gasteiger partial charge in [-0.1, -0.05) is 18.9 Å². The Kier molecular flexibility index (Phi) is 4.54. The molecule has 1 saturated carbocycles. The molecule has 8 nitrogen and oxygen atoms in total. The van der Waals surface area contributed by atoms with Gasteiger partial charge in [0.2, 0.25) is 0 Å². The summed E-state index contributed by atoms with van der Waals surface area (Å²) in [6.07, 6.45) is 4.93. The number of rotatable bonds is 5. The first-order valence-corrected chi connectivity index (χ1v) is 8.16. The van der Waals surface area contributed by atoms with Crippen molar-refractivity contribution >= 4 is 11.6 Å². The van der Waals surface area contributed by atoms with Crippen LogP contribution in [0.1, 0.15) is 36.2 Å². The van der Waals surface area contributed by atoms with Crippen LogP contribution in [0.5, 0.6) is 0 Å². The molecule has 0 aliphatic heterocycles. The topological polar surface area (TPSA) is 102 Å². The summed E-state index contributed by atoms with van der Waals surface area (Å²) in [7, 11) is 1.64. The van der Waals surface area contributed by atoms with Gasteiger partial charge in [0.05, 0.1) is 16.2 Å². The largest absolute Gasteiger partial charge is 0.388 e. The molecule has 25 heavy (non-hydrogen) atoms. The van der Waals surface area contributed by atoms with Gasteiger partial charge in [0.25, 0.3) is 11.6 Å². The number of nitrogens with zero attached hydrogens (tertiary/aromatic N) is 4. The Hall–Kier alpha value is -2.74. The van der Waals surface area contributed by atoms with Crippen molar-refractivity contribution in [3.05, 3.63) is 52.3 Å². The van der Waals surface area contributed by atoms with E-state index in [4.69, 9.17) is 0 Å². The maximum atomic E-state index is 12.5. The van der Waals surface area contributed by atoms with E-state index in [-0.39, 0.29) is 23.8 Å². The predicted octanol–water partition coefficient (Wildman–Crippen LogP) is 2.16. The smallest absolute Gasteiger partial charge is 0.274 e. The lowest BCUT2D eigenvalue weighted by atomic mass is 10.0. The molecule has 0 unspecified atom stereocenters. The highest BCUT2D eigenvalue weighted by atomic mass is 16.6. The van der Waals surface area contributed by atoms with E-state index in [0.717, 1.165) is 12.8 Å². The van der Waals surface area contributed by atoms with Crippen molar-refractivity contribution in [3.8, 4) is 5.69 Å². The quantitative estimate of drug-likeness (QED) is 0.661. The molecule has 1 N–H and O–H groups in total. The molecule has 0 spiro atoms. The minimum atomic E-state index is -0.812. The van der Waals surface area contributed by atoms with Gasteiger partial charge in [-0.3, -0.25) is 14.9 Å². The Morgan fingerprint density at radius 3 is 2.80 bits per heavy atom. The number of nitro groups is 1. The zero-order valence-corrected chi connectivity index (χ0v) is 14.0. The maximum absolute atomic E-state index is 12.5. The number of aliphatic hydroxyl groups is 1. The first kappa shape index (κ1) is 17.1. The molecule has 1 aromatic carbocycles. The number of non-ortho nitro benzene ring substituents is 1. The Balaban J connectivity index is 1.75. The summed E-state index contributed by atoms with van der Waals surface area (Å²) in [6.45, 7) is 0.273. The first-order valence-electron chi connectivity index (χ1n) is 8.16. The lowest BCUT2D eigenvalue weighted by molar-refractivity contribution is -0.384. The van der Waals surface area contributed by atoms with E-state index in [1.54, 1.807) is 31.4 Å². The van der Waals surface area contributed by atoms with Gasteiger partial charge < -0.3 is 10.0 Å². The zero-order valence-electron chi connectivity index (χ0n) is 14.0. The summed E-state index contributed by atoms with van der Waals surface area (Å²) in [6, 6.07) is 7.61. The molecule has 1 aliphatic carbocycles. The monoisotopic (exact) mass is 344 g/mol. The third-order valence-electron chi connectivity index (χ3n) is 4.53. The summed E-state index contributed by atoms with van der Waals surface area (Å²) in [5, 5.41) is 25.5. The number of likely N-dealkylation sites (N-methyl/N-ethyl adjacent to an activating group) is 1. The third kappa shape index (κ3) is 3.69. The van der Waals surface area contributed by atoms with Crippen LogP contribution in [0.25, 0.3) is 5.69 Å². The van der Waals surface area contributed by atoms with Gasteiger partial charge in [-0.05, 0) is 25.0 Å². The Morgan fingerprint density at radius 1 is 1.40 bits per heavy atom. The fraction of sp³-hybridized carbons (Fsp3) is 0.412. The van der Waals surface area contributed by atoms with Gasteiger partial charge in [0.15, 0.2) is 5.69 Å². The number of amides is 1. The molecular weight excluding hydrogens is 324 g/mol. The Bertz CT molecular complexity index is 795. The van der Waals surface area contributed by atoms with Crippen LogP contribution >= 0.6 is 0 Å². The van der Waals surface area contributed by atoms with E-state index in [0.29, 0.717) is 18.5 Å². The molecule has 0 atom stereocenters. The van der Waals surface area contributed by atoms with Crippen LogP contribution < -0.4 is 0 Å². The third-order valence-corrected chi connectivity index (χ3v) is 4.53. The number of hydrogen-bond donors (Lipinski definition) is 1. The number of benzene rings is 1. The van der Waals surface area contributed by atoms with Gasteiger partial charge in [-0.15, -0.1) is 0 Å². The standard InChI is InChI=1S/C17H20N4O4/c1-19(12-17(23)8-2-3-9-17)16(22)15-7-10-20(18-15)13-5-4-6-14(11-13)21(24)25/h4-7,10-11,23H,2-3,8-9,12H2,1H3. The van der Waals surface area contributed by atoms with Gasteiger partial charge in [-0.25, -0.2) is 4.68 Å². The zero-order chi connectivity index (χ0) is 18.0. The summed E-state index contributed by atoms with van der Waals surface area (Å²) in [4.78, 5) is 24.4. The van der Waals surface area contributed by atoms with Gasteiger partial charge in [-0.2, -0.15) is 5.10 Å². The molecule has 0 bridgehead atoms.